The predicted octanol–water partition coefficient (Wildman–Crippen LogP) is 5.23. The van der Waals surface area contributed by atoms with Gasteiger partial charge < -0.3 is 123 Å². The molecule has 0 saturated carbocycles. The topological polar surface area (TPSA) is 537 Å². The number of carboxylic acid groups (broad SMARTS) is 3. The highest BCUT2D eigenvalue weighted by molar-refractivity contribution is 5.67. The molecule has 0 radical (unpaired) electrons. The van der Waals surface area contributed by atoms with Gasteiger partial charge in [-0.25, -0.2) is 0 Å². The van der Waals surface area contributed by atoms with Crippen molar-refractivity contribution >= 4 is 17.9 Å². The Bertz CT molecular complexity index is 1340. The second-order valence-corrected chi connectivity index (χ2v) is 23.8. The molecule has 0 fully saturated rings. The van der Waals surface area contributed by atoms with Crippen molar-refractivity contribution in [3.05, 3.63) is 36.5 Å². The maximum atomic E-state index is 10.3. The molecule has 0 unspecified atom stereocenters. The van der Waals surface area contributed by atoms with Crippen molar-refractivity contribution in [2.75, 3.05) is 79.3 Å². The predicted molar refractivity (Wildman–Crippen MR) is 387 cm³/mol. The van der Waals surface area contributed by atoms with E-state index in [0.29, 0.717) is 19.3 Å². The molecule has 0 aliphatic heterocycles. The number of allylic oxidation sites excluding steroid dienone is 3. The van der Waals surface area contributed by atoms with Gasteiger partial charge in [-0.15, -0.1) is 0 Å². The third kappa shape index (κ3) is 135. The lowest BCUT2D eigenvalue weighted by molar-refractivity contribution is -0.138. The molecular weight excluding hydrogens is 1300 g/mol. The molecule has 0 bridgehead atoms. The van der Waals surface area contributed by atoms with Crippen LogP contribution in [0.2, 0.25) is 0 Å². The summed E-state index contributed by atoms with van der Waals surface area (Å²) in [4.78, 5) is 31.0. The molecule has 0 aromatic carbocycles. The maximum absolute atomic E-state index is 10.3. The maximum Gasteiger partial charge on any atom is 0.303 e. The molecule has 0 spiro atoms. The van der Waals surface area contributed by atoms with Crippen LogP contribution < -0.4 is 0 Å². The van der Waals surface area contributed by atoms with Gasteiger partial charge >= 0.3 is 17.9 Å². The zero-order chi connectivity index (χ0) is 77.2. The van der Waals surface area contributed by atoms with Crippen LogP contribution >= 0.6 is 0 Å². The van der Waals surface area contributed by atoms with Gasteiger partial charge in [-0.3, -0.25) is 14.4 Å². The molecule has 24 N–H and O–H groups in total. The highest BCUT2D eigenvalue weighted by atomic mass is 16.4. The minimum atomic E-state index is -0.954. The Morgan fingerprint density at radius 1 is 0.222 bits per heavy atom. The van der Waals surface area contributed by atoms with Gasteiger partial charge in [0.15, 0.2) is 0 Å². The number of aliphatic carboxylic acids is 3. The zero-order valence-corrected chi connectivity index (χ0v) is 61.2. The molecule has 0 saturated heterocycles. The molecule has 27 heteroatoms. The SMILES string of the molecule is CCCCCC[C@@H](O)C/C=C\CCCCCCCC(=O)O.CCCCCC[C@@H](O)C/C=C\CCCCCCCC(=O)O.CCCCCC[C@@H](O)C/C=C\CCCCCCCC(=O)O.OCC(O)CO.OCC(O)CO.OCC(O)CO.OCC(O)CO.OCC(O)CO.OCC(O)CO. The van der Waals surface area contributed by atoms with Gasteiger partial charge in [-0.1, -0.05) is 192 Å². The Morgan fingerprint density at radius 2 is 0.384 bits per heavy atom. The van der Waals surface area contributed by atoms with Crippen LogP contribution in [0.4, 0.5) is 0 Å². The summed E-state index contributed by atoms with van der Waals surface area (Å²) in [5.74, 6) is -2.07. The van der Waals surface area contributed by atoms with Crippen molar-refractivity contribution in [1.29, 1.82) is 0 Å². The highest BCUT2D eigenvalue weighted by Gasteiger charge is 2.05. The number of aliphatic hydroxyl groups is 21. The van der Waals surface area contributed by atoms with Crippen LogP contribution in [0.15, 0.2) is 36.5 Å². The van der Waals surface area contributed by atoms with Gasteiger partial charge in [-0.05, 0) is 96.3 Å². The smallest absolute Gasteiger partial charge is 0.303 e. The van der Waals surface area contributed by atoms with Gasteiger partial charge in [-0.2, -0.15) is 0 Å². The summed E-state index contributed by atoms with van der Waals surface area (Å²) in [5, 5.41) is 199. The van der Waals surface area contributed by atoms with E-state index < -0.39 is 54.5 Å². The molecule has 0 aromatic rings. The molecule has 3 atom stereocenters. The van der Waals surface area contributed by atoms with Crippen LogP contribution in [0.3, 0.4) is 0 Å². The zero-order valence-electron chi connectivity index (χ0n) is 61.2. The Balaban J connectivity index is -0.000000140. The quantitative estimate of drug-likeness (QED) is 0.0274. The van der Waals surface area contributed by atoms with E-state index in [1.165, 1.54) is 77.0 Å². The van der Waals surface area contributed by atoms with Crippen molar-refractivity contribution < 1.29 is 137 Å². The Kier molecular flexibility index (Phi) is 119. The minimum Gasteiger partial charge on any atom is -0.481 e. The monoisotopic (exact) mass is 1450 g/mol. The lowest BCUT2D eigenvalue weighted by Crippen LogP contribution is -2.15. The van der Waals surface area contributed by atoms with Crippen LogP contribution in [0.1, 0.15) is 271 Å². The van der Waals surface area contributed by atoms with Gasteiger partial charge in [0.05, 0.1) is 97.6 Å². The van der Waals surface area contributed by atoms with Crippen LogP contribution in [0, 0.1) is 0 Å². The second kappa shape index (κ2) is 103. The number of hydrogen-bond acceptors (Lipinski definition) is 24. The fraction of sp³-hybridized carbons (Fsp3) is 0.875. The first-order valence-electron chi connectivity index (χ1n) is 36.4. The molecule has 99 heavy (non-hydrogen) atoms. The number of rotatable bonds is 57. The molecule has 600 valence electrons. The van der Waals surface area contributed by atoms with Gasteiger partial charge in [0, 0.05) is 19.3 Å². The van der Waals surface area contributed by atoms with E-state index in [1.54, 1.807) is 0 Å². The van der Waals surface area contributed by atoms with Gasteiger partial charge in [0.25, 0.3) is 0 Å². The van der Waals surface area contributed by atoms with Crippen LogP contribution in [-0.4, -0.2) is 275 Å². The van der Waals surface area contributed by atoms with Gasteiger partial charge in [0.1, 0.15) is 36.6 Å². The van der Waals surface area contributed by atoms with Crippen molar-refractivity contribution in [3.8, 4) is 0 Å². The van der Waals surface area contributed by atoms with Crippen LogP contribution in [-0.2, 0) is 14.4 Å². The molecule has 0 aromatic heterocycles. The Labute approximate surface area is 594 Å². The lowest BCUT2D eigenvalue weighted by atomic mass is 10.1. The van der Waals surface area contributed by atoms with Crippen molar-refractivity contribution in [3.63, 3.8) is 0 Å². The second-order valence-electron chi connectivity index (χ2n) is 23.8. The molecule has 27 nitrogen and oxygen atoms in total. The number of carboxylic acids is 3. The highest BCUT2D eigenvalue weighted by Crippen LogP contribution is 2.14. The van der Waals surface area contributed by atoms with E-state index in [2.05, 4.69) is 57.2 Å². The van der Waals surface area contributed by atoms with Crippen LogP contribution in [0.5, 0.6) is 0 Å². The summed E-state index contributed by atoms with van der Waals surface area (Å²) in [6.07, 6.45) is 46.3. The van der Waals surface area contributed by atoms with Crippen molar-refractivity contribution in [2.45, 2.75) is 326 Å². The summed E-state index contributed by atoms with van der Waals surface area (Å²) in [6, 6.07) is 0. The molecule has 0 heterocycles. The fourth-order valence-electron chi connectivity index (χ4n) is 7.44. The van der Waals surface area contributed by atoms with E-state index in [4.69, 9.17) is 107 Å². The lowest BCUT2D eigenvalue weighted by Gasteiger charge is -2.07. The van der Waals surface area contributed by atoms with Crippen LogP contribution in [0.25, 0.3) is 0 Å². The van der Waals surface area contributed by atoms with E-state index in [0.717, 1.165) is 154 Å². The summed E-state index contributed by atoms with van der Waals surface area (Å²) in [6.45, 7) is 2.22. The number of aliphatic hydroxyl groups excluding tert-OH is 21. The molecule has 0 aliphatic rings. The third-order valence-electron chi connectivity index (χ3n) is 13.7. The molecule has 0 rings (SSSR count). The first-order valence-corrected chi connectivity index (χ1v) is 36.4. The number of carbonyl (C=O) groups is 3. The summed E-state index contributed by atoms with van der Waals surface area (Å²) in [5.41, 5.74) is 0. The van der Waals surface area contributed by atoms with E-state index >= 15 is 0 Å². The van der Waals surface area contributed by atoms with E-state index in [9.17, 15) is 29.7 Å². The summed E-state index contributed by atoms with van der Waals surface area (Å²) < 4.78 is 0. The molecule has 0 amide bonds. The summed E-state index contributed by atoms with van der Waals surface area (Å²) in [7, 11) is 0. The Morgan fingerprint density at radius 3 is 0.535 bits per heavy atom. The standard InChI is InChI=1S/3C18H34O3.6C3H8O3/c3*1-2-3-4-11-14-17(19)15-12-9-7-5-6-8-10-13-16-18(20)21;6*4-1-3(6)2-5/h3*9,12,17,19H,2-8,10-11,13-16H2,1H3,(H,20,21);6*3-6H,1-2H2/b3*12-9-;;;;;;/t3*17-;;;;;;/m111....../s1. The normalized spacial score (nSPS) is 11.8. The first-order chi connectivity index (χ1) is 47.3. The van der Waals surface area contributed by atoms with Crippen molar-refractivity contribution in [1.82, 2.24) is 0 Å². The van der Waals surface area contributed by atoms with Gasteiger partial charge in [0.2, 0.25) is 0 Å². The first kappa shape index (κ1) is 114. The molecule has 0 aliphatic carbocycles. The minimum absolute atomic E-state index is 0.172. The summed E-state index contributed by atoms with van der Waals surface area (Å²) >= 11 is 0. The molecular formula is C72H150O27. The number of unbranched alkanes of at least 4 members (excludes halogenated alkanes) is 24. The average Bonchev–Trinajstić information content (AvgIpc) is 3.83. The van der Waals surface area contributed by atoms with E-state index in [-0.39, 0.29) is 97.6 Å². The third-order valence-corrected chi connectivity index (χ3v) is 13.7. The van der Waals surface area contributed by atoms with Crippen molar-refractivity contribution in [2.24, 2.45) is 0 Å². The fourth-order valence-corrected chi connectivity index (χ4v) is 7.44. The number of hydrogen-bond donors (Lipinski definition) is 24. The Hall–Kier alpha value is -3.21. The van der Waals surface area contributed by atoms with E-state index in [1.807, 2.05) is 0 Å². The average molecular weight is 1450 g/mol. The largest absolute Gasteiger partial charge is 0.481 e.